The summed E-state index contributed by atoms with van der Waals surface area (Å²) in [5, 5.41) is 7.06. The maximum Gasteiger partial charge on any atom is 0.248 e. The van der Waals surface area contributed by atoms with Crippen molar-refractivity contribution in [2.24, 2.45) is 0 Å². The lowest BCUT2D eigenvalue weighted by Gasteiger charge is -2.19. The molecule has 1 N–H and O–H groups in total. The lowest BCUT2D eigenvalue weighted by molar-refractivity contribution is -0.117. The van der Waals surface area contributed by atoms with Crippen molar-refractivity contribution in [3.05, 3.63) is 41.1 Å². The smallest absolute Gasteiger partial charge is 0.248 e. The highest BCUT2D eigenvalue weighted by molar-refractivity contribution is 9.10. The number of hydrogen-bond acceptors (Lipinski definition) is 4. The minimum absolute atomic E-state index is 0.144. The van der Waals surface area contributed by atoms with Crippen LogP contribution in [0.3, 0.4) is 0 Å². The van der Waals surface area contributed by atoms with Gasteiger partial charge in [0, 0.05) is 19.3 Å². The number of imidazole rings is 1. The lowest BCUT2D eigenvalue weighted by atomic mass is 10.3. The molecule has 0 unspecified atom stereocenters. The Morgan fingerprint density at radius 3 is 2.73 bits per heavy atom. The molecule has 1 amide bonds. The highest BCUT2D eigenvalue weighted by Gasteiger charge is 2.14. The summed E-state index contributed by atoms with van der Waals surface area (Å²) in [6.07, 6.45) is 3.43. The predicted octanol–water partition coefficient (Wildman–Crippen LogP) is 2.98. The van der Waals surface area contributed by atoms with Gasteiger partial charge in [0.15, 0.2) is 0 Å². The highest BCUT2D eigenvalue weighted by Crippen LogP contribution is 2.19. The molecule has 3 rings (SSSR count). The average molecular weight is 419 g/mol. The summed E-state index contributed by atoms with van der Waals surface area (Å²) in [6, 6.07) is 7.94. The number of anilines is 1. The molecule has 8 heteroatoms. The maximum absolute atomic E-state index is 12.4. The fraction of sp³-hybridized carbons (Fsp3) is 0.389. The van der Waals surface area contributed by atoms with E-state index < -0.39 is 0 Å². The van der Waals surface area contributed by atoms with Crippen LogP contribution in [0.15, 0.2) is 41.1 Å². The van der Waals surface area contributed by atoms with Gasteiger partial charge in [-0.3, -0.25) is 14.8 Å². The van der Waals surface area contributed by atoms with E-state index in [1.165, 1.54) is 0 Å². The Morgan fingerprint density at radius 1 is 1.27 bits per heavy atom. The Hall–Kier alpha value is -2.19. The largest absolute Gasteiger partial charge is 0.309 e. The molecule has 0 radical (unpaired) electrons. The zero-order chi connectivity index (χ0) is 18.5. The van der Waals surface area contributed by atoms with Gasteiger partial charge in [-0.1, -0.05) is 26.0 Å². The van der Waals surface area contributed by atoms with Gasteiger partial charge in [-0.2, -0.15) is 5.10 Å². The number of carbonyl (C=O) groups excluding carboxylic acids is 1. The summed E-state index contributed by atoms with van der Waals surface area (Å²) in [4.78, 5) is 19.4. The summed E-state index contributed by atoms with van der Waals surface area (Å²) in [5.41, 5.74) is 1.90. The molecule has 7 nitrogen and oxygen atoms in total. The molecule has 138 valence electrons. The number of nitrogens with one attached hydrogen (secondary N) is 1. The van der Waals surface area contributed by atoms with Gasteiger partial charge in [-0.25, -0.2) is 4.98 Å². The van der Waals surface area contributed by atoms with Crippen LogP contribution in [0.5, 0.6) is 0 Å². The first-order chi connectivity index (χ1) is 12.6. The van der Waals surface area contributed by atoms with E-state index in [4.69, 9.17) is 0 Å². The molecule has 26 heavy (non-hydrogen) atoms. The van der Waals surface area contributed by atoms with Crippen molar-refractivity contribution in [2.45, 2.75) is 26.9 Å². The third-order valence-corrected chi connectivity index (χ3v) is 4.76. The van der Waals surface area contributed by atoms with E-state index in [1.54, 1.807) is 17.1 Å². The first-order valence-electron chi connectivity index (χ1n) is 8.76. The predicted molar refractivity (Wildman–Crippen MR) is 106 cm³/mol. The zero-order valence-corrected chi connectivity index (χ0v) is 16.6. The first kappa shape index (κ1) is 18.6. The van der Waals surface area contributed by atoms with Crippen LogP contribution in [0.1, 0.15) is 13.8 Å². The Balaban J connectivity index is 1.79. The molecular weight excluding hydrogens is 396 g/mol. The van der Waals surface area contributed by atoms with Gasteiger partial charge in [0.05, 0.1) is 21.7 Å². The fourth-order valence-electron chi connectivity index (χ4n) is 2.91. The van der Waals surface area contributed by atoms with Crippen LogP contribution in [0.2, 0.25) is 0 Å². The van der Waals surface area contributed by atoms with Gasteiger partial charge < -0.3 is 9.47 Å². The molecule has 0 aliphatic carbocycles. The number of hydrogen-bond donors (Lipinski definition) is 1. The highest BCUT2D eigenvalue weighted by atomic mass is 79.9. The number of halogens is 1. The minimum Gasteiger partial charge on any atom is -0.309 e. The van der Waals surface area contributed by atoms with Crippen LogP contribution in [0.25, 0.3) is 11.0 Å². The number of rotatable bonds is 8. The number of aromatic nitrogens is 4. The van der Waals surface area contributed by atoms with E-state index in [2.05, 4.69) is 54.6 Å². The number of nitrogens with zero attached hydrogens (tertiary/aromatic N) is 5. The van der Waals surface area contributed by atoms with E-state index in [9.17, 15) is 4.79 Å². The summed E-state index contributed by atoms with van der Waals surface area (Å²) in [6.45, 7) is 8.12. The van der Waals surface area contributed by atoms with E-state index in [0.29, 0.717) is 5.95 Å². The molecule has 0 atom stereocenters. The summed E-state index contributed by atoms with van der Waals surface area (Å²) >= 11 is 3.34. The normalized spacial score (nSPS) is 11.4. The molecule has 0 aliphatic heterocycles. The quantitative estimate of drug-likeness (QED) is 0.610. The van der Waals surface area contributed by atoms with Gasteiger partial charge in [-0.15, -0.1) is 0 Å². The van der Waals surface area contributed by atoms with E-state index in [1.807, 2.05) is 24.3 Å². The monoisotopic (exact) mass is 418 g/mol. The molecule has 2 aromatic heterocycles. The van der Waals surface area contributed by atoms with Gasteiger partial charge in [0.1, 0.15) is 6.54 Å². The second-order valence-corrected chi connectivity index (χ2v) is 6.92. The van der Waals surface area contributed by atoms with Crippen molar-refractivity contribution in [1.82, 2.24) is 24.2 Å². The maximum atomic E-state index is 12.4. The van der Waals surface area contributed by atoms with Gasteiger partial charge in [0.25, 0.3) is 0 Å². The number of benzene rings is 1. The fourth-order valence-corrected chi connectivity index (χ4v) is 3.24. The molecule has 0 bridgehead atoms. The summed E-state index contributed by atoms with van der Waals surface area (Å²) in [5.74, 6) is 0.426. The van der Waals surface area contributed by atoms with Crippen molar-refractivity contribution in [3.63, 3.8) is 0 Å². The number of amides is 1. The van der Waals surface area contributed by atoms with Crippen LogP contribution in [0.4, 0.5) is 5.95 Å². The second kappa shape index (κ2) is 8.46. The SMILES string of the molecule is CCN(CC)CCn1c(NC(=O)Cn2cc(Br)cn2)nc2ccccc21. The van der Waals surface area contributed by atoms with Crippen molar-refractivity contribution < 1.29 is 4.79 Å². The first-order valence-corrected chi connectivity index (χ1v) is 9.55. The Kier molecular flexibility index (Phi) is 6.05. The third-order valence-electron chi connectivity index (χ3n) is 4.35. The molecule has 0 spiro atoms. The van der Waals surface area contributed by atoms with E-state index >= 15 is 0 Å². The molecule has 0 fully saturated rings. The molecule has 3 aromatic rings. The van der Waals surface area contributed by atoms with Gasteiger partial charge >= 0.3 is 0 Å². The zero-order valence-electron chi connectivity index (χ0n) is 15.0. The van der Waals surface area contributed by atoms with Crippen LogP contribution < -0.4 is 5.32 Å². The van der Waals surface area contributed by atoms with E-state index in [-0.39, 0.29) is 12.5 Å². The second-order valence-electron chi connectivity index (χ2n) is 6.01. The Morgan fingerprint density at radius 2 is 2.04 bits per heavy atom. The molecule has 2 heterocycles. The Bertz CT molecular complexity index is 883. The number of carbonyl (C=O) groups is 1. The van der Waals surface area contributed by atoms with Crippen LogP contribution in [-0.2, 0) is 17.9 Å². The van der Waals surface area contributed by atoms with Gasteiger partial charge in [0.2, 0.25) is 11.9 Å². The van der Waals surface area contributed by atoms with E-state index in [0.717, 1.165) is 41.7 Å². The molecule has 0 aliphatic rings. The summed E-state index contributed by atoms with van der Waals surface area (Å²) in [7, 11) is 0. The number of fused-ring (bicyclic) bond motifs is 1. The van der Waals surface area contributed by atoms with Crippen molar-refractivity contribution >= 4 is 38.8 Å². The topological polar surface area (TPSA) is 68.0 Å². The summed E-state index contributed by atoms with van der Waals surface area (Å²) < 4.78 is 4.50. The third kappa shape index (κ3) is 4.31. The van der Waals surface area contributed by atoms with Gasteiger partial charge in [-0.05, 0) is 41.2 Å². The molecule has 1 aromatic carbocycles. The molecular formula is C18H23BrN6O. The Labute approximate surface area is 161 Å². The molecule has 0 saturated carbocycles. The number of para-hydroxylation sites is 2. The average Bonchev–Trinajstić information content (AvgIpc) is 3.19. The number of likely N-dealkylation sites (N-methyl/N-ethyl adjacent to an activating group) is 1. The lowest BCUT2D eigenvalue weighted by Crippen LogP contribution is -2.28. The van der Waals surface area contributed by atoms with Crippen LogP contribution >= 0.6 is 15.9 Å². The molecule has 0 saturated heterocycles. The minimum atomic E-state index is -0.153. The van der Waals surface area contributed by atoms with Crippen LogP contribution in [-0.4, -0.2) is 49.8 Å². The van der Waals surface area contributed by atoms with Crippen molar-refractivity contribution in [3.8, 4) is 0 Å². The van der Waals surface area contributed by atoms with Crippen LogP contribution in [0, 0.1) is 0 Å². The van der Waals surface area contributed by atoms with Crippen molar-refractivity contribution in [1.29, 1.82) is 0 Å². The standard InChI is InChI=1S/C18H23BrN6O/c1-3-23(4-2)9-10-25-16-8-6-5-7-15(16)21-18(25)22-17(26)13-24-12-14(19)11-20-24/h5-8,11-12H,3-4,9-10,13H2,1-2H3,(H,21,22,26). The van der Waals surface area contributed by atoms with Crippen molar-refractivity contribution in [2.75, 3.05) is 25.0 Å².